The van der Waals surface area contributed by atoms with Crippen LogP contribution in [-0.2, 0) is 0 Å². The van der Waals surface area contributed by atoms with E-state index in [0.29, 0.717) is 17.5 Å². The Bertz CT molecular complexity index is 2230. The maximum atomic E-state index is 5.03. The van der Waals surface area contributed by atoms with E-state index in [9.17, 15) is 0 Å². The molecule has 8 aromatic rings. The molecule has 0 aliphatic heterocycles. The first-order valence-corrected chi connectivity index (χ1v) is 15.5. The van der Waals surface area contributed by atoms with Gasteiger partial charge in [0, 0.05) is 16.7 Å². The van der Waals surface area contributed by atoms with Crippen LogP contribution in [0.15, 0.2) is 176 Å². The Hall–Kier alpha value is -6.19. The average Bonchev–Trinajstić information content (AvgIpc) is 3.15. The number of benzene rings is 7. The first-order valence-electron chi connectivity index (χ1n) is 15.5. The summed E-state index contributed by atoms with van der Waals surface area (Å²) < 4.78 is 0. The van der Waals surface area contributed by atoms with Crippen LogP contribution >= 0.6 is 0 Å². The smallest absolute Gasteiger partial charge is 0.164 e. The number of hydrogen-bond donors (Lipinski definition) is 0. The lowest BCUT2D eigenvalue weighted by Crippen LogP contribution is -2.00. The van der Waals surface area contributed by atoms with Crippen LogP contribution < -0.4 is 0 Å². The van der Waals surface area contributed by atoms with Crippen LogP contribution in [0.5, 0.6) is 0 Å². The second kappa shape index (κ2) is 12.1. The molecule has 0 fully saturated rings. The maximum absolute atomic E-state index is 5.03. The van der Waals surface area contributed by atoms with Crippen molar-refractivity contribution >= 4 is 10.8 Å². The molecule has 7 aromatic carbocycles. The zero-order valence-corrected chi connectivity index (χ0v) is 25.1. The number of fused-ring (bicyclic) bond motifs is 1. The summed E-state index contributed by atoms with van der Waals surface area (Å²) in [7, 11) is 0. The molecule has 0 unspecified atom stereocenters. The molecule has 0 amide bonds. The van der Waals surface area contributed by atoms with Gasteiger partial charge < -0.3 is 0 Å². The van der Waals surface area contributed by atoms with Crippen molar-refractivity contribution in [2.24, 2.45) is 0 Å². The van der Waals surface area contributed by atoms with E-state index in [1.807, 2.05) is 60.7 Å². The Morgan fingerprint density at radius 2 is 0.761 bits per heavy atom. The van der Waals surface area contributed by atoms with Crippen molar-refractivity contribution in [3.05, 3.63) is 176 Å². The van der Waals surface area contributed by atoms with Crippen LogP contribution in [0, 0.1) is 0 Å². The average molecular weight is 588 g/mol. The SMILES string of the molecule is c1ccc(-c2cccc(-c3ccc(-c4nc(-c5ccccc5)nc(-c5ccccc5)n4)cc3-c3cccc4ccccc34)c2)cc1. The molecule has 3 nitrogen and oxygen atoms in total. The zero-order valence-electron chi connectivity index (χ0n) is 25.1. The number of hydrogen-bond acceptors (Lipinski definition) is 3. The minimum atomic E-state index is 0.638. The second-order valence-corrected chi connectivity index (χ2v) is 11.3. The molecule has 216 valence electrons. The lowest BCUT2D eigenvalue weighted by atomic mass is 9.89. The summed E-state index contributed by atoms with van der Waals surface area (Å²) in [6, 6.07) is 61.2. The quantitative estimate of drug-likeness (QED) is 0.194. The van der Waals surface area contributed by atoms with Crippen LogP contribution in [0.25, 0.3) is 78.3 Å². The molecule has 0 N–H and O–H groups in total. The van der Waals surface area contributed by atoms with Gasteiger partial charge in [0.2, 0.25) is 0 Å². The van der Waals surface area contributed by atoms with Crippen molar-refractivity contribution in [1.82, 2.24) is 15.0 Å². The summed E-state index contributed by atoms with van der Waals surface area (Å²) in [5.41, 5.74) is 9.81. The van der Waals surface area contributed by atoms with Crippen molar-refractivity contribution in [1.29, 1.82) is 0 Å². The molecule has 3 heteroatoms. The fraction of sp³-hybridized carbons (Fsp3) is 0. The van der Waals surface area contributed by atoms with Gasteiger partial charge in [-0.05, 0) is 56.3 Å². The van der Waals surface area contributed by atoms with E-state index in [0.717, 1.165) is 33.4 Å². The van der Waals surface area contributed by atoms with E-state index in [1.165, 1.54) is 27.5 Å². The first kappa shape index (κ1) is 27.4. The van der Waals surface area contributed by atoms with Gasteiger partial charge in [-0.25, -0.2) is 15.0 Å². The van der Waals surface area contributed by atoms with Gasteiger partial charge in [0.15, 0.2) is 17.5 Å². The Kier molecular flexibility index (Phi) is 7.18. The van der Waals surface area contributed by atoms with E-state index in [-0.39, 0.29) is 0 Å². The molecule has 0 bridgehead atoms. The predicted molar refractivity (Wildman–Crippen MR) is 190 cm³/mol. The highest BCUT2D eigenvalue weighted by Gasteiger charge is 2.17. The fourth-order valence-corrected chi connectivity index (χ4v) is 6.05. The highest BCUT2D eigenvalue weighted by atomic mass is 15.0. The van der Waals surface area contributed by atoms with E-state index in [4.69, 9.17) is 15.0 Å². The third-order valence-corrected chi connectivity index (χ3v) is 8.34. The van der Waals surface area contributed by atoms with Crippen LogP contribution in [-0.4, -0.2) is 15.0 Å². The van der Waals surface area contributed by atoms with Gasteiger partial charge >= 0.3 is 0 Å². The summed E-state index contributed by atoms with van der Waals surface area (Å²) in [6.45, 7) is 0. The monoisotopic (exact) mass is 587 g/mol. The second-order valence-electron chi connectivity index (χ2n) is 11.3. The Balaban J connectivity index is 1.35. The summed E-state index contributed by atoms with van der Waals surface area (Å²) >= 11 is 0. The molecule has 1 heterocycles. The minimum absolute atomic E-state index is 0.638. The molecule has 0 radical (unpaired) electrons. The summed E-state index contributed by atoms with van der Waals surface area (Å²) in [6.07, 6.45) is 0. The van der Waals surface area contributed by atoms with Crippen molar-refractivity contribution in [2.75, 3.05) is 0 Å². The topological polar surface area (TPSA) is 38.7 Å². The predicted octanol–water partition coefficient (Wildman–Crippen LogP) is 11.0. The van der Waals surface area contributed by atoms with Crippen LogP contribution in [0.3, 0.4) is 0 Å². The normalized spacial score (nSPS) is 11.0. The number of rotatable bonds is 6. The fourth-order valence-electron chi connectivity index (χ4n) is 6.05. The summed E-state index contributed by atoms with van der Waals surface area (Å²) in [5, 5.41) is 2.40. The Labute approximate surface area is 268 Å². The van der Waals surface area contributed by atoms with E-state index in [2.05, 4.69) is 115 Å². The largest absolute Gasteiger partial charge is 0.208 e. The van der Waals surface area contributed by atoms with Gasteiger partial charge in [0.05, 0.1) is 0 Å². The van der Waals surface area contributed by atoms with Gasteiger partial charge in [-0.1, -0.05) is 164 Å². The molecule has 46 heavy (non-hydrogen) atoms. The van der Waals surface area contributed by atoms with E-state index < -0.39 is 0 Å². The van der Waals surface area contributed by atoms with Crippen molar-refractivity contribution in [3.63, 3.8) is 0 Å². The van der Waals surface area contributed by atoms with Gasteiger partial charge in [-0.3, -0.25) is 0 Å². The van der Waals surface area contributed by atoms with Gasteiger partial charge in [0.1, 0.15) is 0 Å². The summed E-state index contributed by atoms with van der Waals surface area (Å²) in [4.78, 5) is 15.0. The van der Waals surface area contributed by atoms with Gasteiger partial charge in [0.25, 0.3) is 0 Å². The number of aromatic nitrogens is 3. The highest BCUT2D eigenvalue weighted by molar-refractivity contribution is 6.01. The zero-order chi connectivity index (χ0) is 30.7. The molecule has 1 aromatic heterocycles. The van der Waals surface area contributed by atoms with Crippen molar-refractivity contribution < 1.29 is 0 Å². The highest BCUT2D eigenvalue weighted by Crippen LogP contribution is 2.40. The Morgan fingerprint density at radius 1 is 0.261 bits per heavy atom. The van der Waals surface area contributed by atoms with Gasteiger partial charge in [-0.15, -0.1) is 0 Å². The first-order chi connectivity index (χ1) is 22.8. The third-order valence-electron chi connectivity index (χ3n) is 8.34. The van der Waals surface area contributed by atoms with Crippen LogP contribution in [0.1, 0.15) is 0 Å². The molecule has 0 saturated heterocycles. The molecule has 0 aliphatic carbocycles. The molecular weight excluding hydrogens is 558 g/mol. The maximum Gasteiger partial charge on any atom is 0.164 e. The molecule has 0 aliphatic rings. The van der Waals surface area contributed by atoms with E-state index >= 15 is 0 Å². The van der Waals surface area contributed by atoms with Crippen LogP contribution in [0.2, 0.25) is 0 Å². The van der Waals surface area contributed by atoms with E-state index in [1.54, 1.807) is 0 Å². The van der Waals surface area contributed by atoms with Crippen molar-refractivity contribution in [2.45, 2.75) is 0 Å². The molecule has 0 saturated carbocycles. The number of nitrogens with zero attached hydrogens (tertiary/aromatic N) is 3. The lowest BCUT2D eigenvalue weighted by molar-refractivity contribution is 1.07. The lowest BCUT2D eigenvalue weighted by Gasteiger charge is -2.16. The van der Waals surface area contributed by atoms with Crippen molar-refractivity contribution in [3.8, 4) is 67.5 Å². The van der Waals surface area contributed by atoms with Gasteiger partial charge in [-0.2, -0.15) is 0 Å². The van der Waals surface area contributed by atoms with Crippen LogP contribution in [0.4, 0.5) is 0 Å². The molecule has 0 spiro atoms. The molecular formula is C43H29N3. The summed E-state index contributed by atoms with van der Waals surface area (Å²) in [5.74, 6) is 1.94. The standard InChI is InChI=1S/C43H29N3/c1-4-14-30(15-5-1)34-22-12-23-35(28-34)38-27-26-36(29-40(38)39-25-13-21-31-16-10-11-24-37(31)39)43-45-41(32-17-6-2-7-18-32)44-42(46-43)33-19-8-3-9-20-33/h1-29H. The minimum Gasteiger partial charge on any atom is -0.208 e. The Morgan fingerprint density at radius 3 is 1.43 bits per heavy atom. The molecule has 8 rings (SSSR count). The molecule has 0 atom stereocenters. The third kappa shape index (κ3) is 5.36.